The van der Waals surface area contributed by atoms with Gasteiger partial charge in [0.2, 0.25) is 0 Å². The molecule has 0 amide bonds. The molecule has 1 fully saturated rings. The summed E-state index contributed by atoms with van der Waals surface area (Å²) in [7, 11) is 2.21. The minimum Gasteiger partial charge on any atom is -0.324 e. The first-order valence-corrected chi connectivity index (χ1v) is 5.53. The predicted molar refractivity (Wildman–Crippen MR) is 61.4 cm³/mol. The molecule has 0 aromatic rings. The van der Waals surface area contributed by atoms with Crippen LogP contribution in [-0.4, -0.2) is 54.1 Å². The SMILES string of the molecule is CC1CN(CC(C)(C)N)CC(C)N1C. The van der Waals surface area contributed by atoms with Gasteiger partial charge in [-0.2, -0.15) is 0 Å². The second-order valence-electron chi connectivity index (χ2n) is 5.55. The van der Waals surface area contributed by atoms with Crippen LogP contribution in [0, 0.1) is 0 Å². The van der Waals surface area contributed by atoms with Gasteiger partial charge in [-0.05, 0) is 34.7 Å². The Hall–Kier alpha value is -0.120. The molecule has 3 nitrogen and oxygen atoms in total. The highest BCUT2D eigenvalue weighted by atomic mass is 15.3. The van der Waals surface area contributed by atoms with Crippen molar-refractivity contribution in [3.63, 3.8) is 0 Å². The number of piperazine rings is 1. The number of hydrogen-bond donors (Lipinski definition) is 1. The first-order chi connectivity index (χ1) is 6.29. The summed E-state index contributed by atoms with van der Waals surface area (Å²) < 4.78 is 0. The van der Waals surface area contributed by atoms with Crippen molar-refractivity contribution in [3.8, 4) is 0 Å². The van der Waals surface area contributed by atoms with Gasteiger partial charge >= 0.3 is 0 Å². The van der Waals surface area contributed by atoms with Gasteiger partial charge in [-0.3, -0.25) is 9.80 Å². The van der Waals surface area contributed by atoms with Crippen molar-refractivity contribution in [2.75, 3.05) is 26.7 Å². The summed E-state index contributed by atoms with van der Waals surface area (Å²) in [6, 6.07) is 1.28. The summed E-state index contributed by atoms with van der Waals surface area (Å²) in [5.41, 5.74) is 5.96. The van der Waals surface area contributed by atoms with E-state index >= 15 is 0 Å². The van der Waals surface area contributed by atoms with Crippen LogP contribution in [-0.2, 0) is 0 Å². The fourth-order valence-corrected chi connectivity index (χ4v) is 2.22. The molecule has 0 radical (unpaired) electrons. The molecule has 0 spiro atoms. The largest absolute Gasteiger partial charge is 0.324 e. The number of nitrogens with zero attached hydrogens (tertiary/aromatic N) is 2. The quantitative estimate of drug-likeness (QED) is 0.712. The molecule has 1 saturated heterocycles. The first-order valence-electron chi connectivity index (χ1n) is 5.53. The lowest BCUT2D eigenvalue weighted by atomic mass is 10.0. The summed E-state index contributed by atoms with van der Waals surface area (Å²) in [6.07, 6.45) is 0. The fourth-order valence-electron chi connectivity index (χ4n) is 2.22. The van der Waals surface area contributed by atoms with Gasteiger partial charge in [-0.15, -0.1) is 0 Å². The zero-order valence-electron chi connectivity index (χ0n) is 10.2. The van der Waals surface area contributed by atoms with Gasteiger partial charge in [0.15, 0.2) is 0 Å². The van der Waals surface area contributed by atoms with Crippen LogP contribution < -0.4 is 5.73 Å². The Balaban J connectivity index is 2.50. The molecule has 1 rings (SSSR count). The van der Waals surface area contributed by atoms with E-state index in [1.54, 1.807) is 0 Å². The standard InChI is InChI=1S/C11H25N3/c1-9-6-14(8-11(3,4)12)7-10(2)13(9)5/h9-10H,6-8,12H2,1-5H3. The second kappa shape index (κ2) is 4.17. The Morgan fingerprint density at radius 2 is 1.64 bits per heavy atom. The molecule has 84 valence electrons. The first kappa shape index (κ1) is 12.0. The van der Waals surface area contributed by atoms with Gasteiger partial charge in [-0.25, -0.2) is 0 Å². The van der Waals surface area contributed by atoms with Gasteiger partial charge in [0.05, 0.1) is 0 Å². The van der Waals surface area contributed by atoms with Crippen LogP contribution in [0.4, 0.5) is 0 Å². The van der Waals surface area contributed by atoms with Crippen LogP contribution >= 0.6 is 0 Å². The molecule has 0 saturated carbocycles. The van der Waals surface area contributed by atoms with Crippen molar-refractivity contribution in [3.05, 3.63) is 0 Å². The van der Waals surface area contributed by atoms with Gasteiger partial charge < -0.3 is 5.73 Å². The van der Waals surface area contributed by atoms with Crippen molar-refractivity contribution in [2.24, 2.45) is 5.73 Å². The van der Waals surface area contributed by atoms with Crippen molar-refractivity contribution < 1.29 is 0 Å². The summed E-state index contributed by atoms with van der Waals surface area (Å²) >= 11 is 0. The highest BCUT2D eigenvalue weighted by Gasteiger charge is 2.28. The predicted octanol–water partition coefficient (Wildman–Crippen LogP) is 0.748. The molecule has 1 heterocycles. The van der Waals surface area contributed by atoms with Crippen molar-refractivity contribution in [2.45, 2.75) is 45.3 Å². The molecule has 0 aromatic heterocycles. The van der Waals surface area contributed by atoms with E-state index in [2.05, 4.69) is 44.5 Å². The van der Waals surface area contributed by atoms with Crippen molar-refractivity contribution >= 4 is 0 Å². The maximum absolute atomic E-state index is 6.04. The van der Waals surface area contributed by atoms with Crippen LogP contribution in [0.2, 0.25) is 0 Å². The van der Waals surface area contributed by atoms with E-state index < -0.39 is 0 Å². The van der Waals surface area contributed by atoms with Crippen LogP contribution in [0.15, 0.2) is 0 Å². The smallest absolute Gasteiger partial charge is 0.0226 e. The van der Waals surface area contributed by atoms with Gasteiger partial charge in [0.1, 0.15) is 0 Å². The summed E-state index contributed by atoms with van der Waals surface area (Å²) in [4.78, 5) is 4.93. The third-order valence-corrected chi connectivity index (χ3v) is 3.07. The van der Waals surface area contributed by atoms with Gasteiger partial charge in [0.25, 0.3) is 0 Å². The average molecular weight is 199 g/mol. The van der Waals surface area contributed by atoms with Crippen molar-refractivity contribution in [1.82, 2.24) is 9.80 Å². The Kier molecular flexibility index (Phi) is 3.56. The number of likely N-dealkylation sites (N-methyl/N-ethyl adjacent to an activating group) is 1. The number of rotatable bonds is 2. The summed E-state index contributed by atoms with van der Waals surface area (Å²) in [5, 5.41) is 0. The van der Waals surface area contributed by atoms with E-state index in [9.17, 15) is 0 Å². The maximum atomic E-state index is 6.04. The number of nitrogens with two attached hydrogens (primary N) is 1. The van der Waals surface area contributed by atoms with Gasteiger partial charge in [0, 0.05) is 37.3 Å². The van der Waals surface area contributed by atoms with E-state index in [0.717, 1.165) is 19.6 Å². The topological polar surface area (TPSA) is 32.5 Å². The monoisotopic (exact) mass is 199 g/mol. The molecule has 14 heavy (non-hydrogen) atoms. The highest BCUT2D eigenvalue weighted by molar-refractivity contribution is 4.86. The minimum atomic E-state index is -0.0741. The third-order valence-electron chi connectivity index (χ3n) is 3.07. The lowest BCUT2D eigenvalue weighted by Crippen LogP contribution is -2.58. The van der Waals surface area contributed by atoms with Crippen LogP contribution in [0.5, 0.6) is 0 Å². The number of hydrogen-bond acceptors (Lipinski definition) is 3. The molecule has 2 N–H and O–H groups in total. The Labute approximate surface area is 88.2 Å². The zero-order chi connectivity index (χ0) is 10.9. The molecule has 0 aromatic carbocycles. The summed E-state index contributed by atoms with van der Waals surface area (Å²) in [5.74, 6) is 0. The summed E-state index contributed by atoms with van der Waals surface area (Å²) in [6.45, 7) is 12.0. The molecular formula is C11H25N3. The Morgan fingerprint density at radius 3 is 2.00 bits per heavy atom. The van der Waals surface area contributed by atoms with Crippen LogP contribution in [0.25, 0.3) is 0 Å². The lowest BCUT2D eigenvalue weighted by Gasteiger charge is -2.44. The third kappa shape index (κ3) is 3.23. The van der Waals surface area contributed by atoms with Crippen LogP contribution in [0.1, 0.15) is 27.7 Å². The molecule has 1 aliphatic heterocycles. The average Bonchev–Trinajstić information content (AvgIpc) is 1.96. The van der Waals surface area contributed by atoms with Crippen molar-refractivity contribution in [1.29, 1.82) is 0 Å². The Morgan fingerprint density at radius 1 is 1.21 bits per heavy atom. The highest BCUT2D eigenvalue weighted by Crippen LogP contribution is 2.14. The molecule has 3 heteroatoms. The molecule has 1 aliphatic rings. The molecule has 2 unspecified atom stereocenters. The molecule has 2 atom stereocenters. The van der Waals surface area contributed by atoms with Gasteiger partial charge in [-0.1, -0.05) is 0 Å². The normalized spacial score (nSPS) is 32.1. The fraction of sp³-hybridized carbons (Fsp3) is 1.00. The molecular weight excluding hydrogens is 174 g/mol. The lowest BCUT2D eigenvalue weighted by molar-refractivity contribution is 0.0501. The molecule has 0 bridgehead atoms. The van der Waals surface area contributed by atoms with E-state index in [1.807, 2.05) is 0 Å². The minimum absolute atomic E-state index is 0.0741. The second-order valence-corrected chi connectivity index (χ2v) is 5.55. The van der Waals surface area contributed by atoms with E-state index in [-0.39, 0.29) is 5.54 Å². The van der Waals surface area contributed by atoms with E-state index in [0.29, 0.717) is 12.1 Å². The maximum Gasteiger partial charge on any atom is 0.0226 e. The van der Waals surface area contributed by atoms with Crippen LogP contribution in [0.3, 0.4) is 0 Å². The Bertz CT molecular complexity index is 173. The molecule has 0 aliphatic carbocycles. The zero-order valence-corrected chi connectivity index (χ0v) is 10.2. The van der Waals surface area contributed by atoms with E-state index in [4.69, 9.17) is 5.73 Å². The van der Waals surface area contributed by atoms with E-state index in [1.165, 1.54) is 0 Å².